The average Bonchev–Trinajstić information content (AvgIpc) is 3.21. The van der Waals surface area contributed by atoms with Crippen LogP contribution in [0.3, 0.4) is 0 Å². The minimum atomic E-state index is 0.354. The van der Waals surface area contributed by atoms with Crippen molar-refractivity contribution in [2.24, 2.45) is 18.0 Å². The van der Waals surface area contributed by atoms with Gasteiger partial charge in [-0.05, 0) is 54.8 Å². The van der Waals surface area contributed by atoms with Gasteiger partial charge in [-0.2, -0.15) is 0 Å². The molecular weight excluding hydrogens is 390 g/mol. The maximum atomic E-state index is 4.41. The second-order valence-corrected chi connectivity index (χ2v) is 7.89. The van der Waals surface area contributed by atoms with E-state index in [-0.39, 0.29) is 0 Å². The molecule has 0 saturated carbocycles. The van der Waals surface area contributed by atoms with Crippen LogP contribution in [-0.4, -0.2) is 36.3 Å². The Kier molecular flexibility index (Phi) is 10.3. The van der Waals surface area contributed by atoms with Crippen molar-refractivity contribution in [1.29, 1.82) is 0 Å². The zero-order valence-corrected chi connectivity index (χ0v) is 20.2. The van der Waals surface area contributed by atoms with E-state index in [4.69, 9.17) is 0 Å². The zero-order chi connectivity index (χ0) is 23.3. The van der Waals surface area contributed by atoms with E-state index in [1.807, 2.05) is 39.3 Å². The summed E-state index contributed by atoms with van der Waals surface area (Å²) in [6.45, 7) is 8.93. The van der Waals surface area contributed by atoms with Crippen LogP contribution in [0.2, 0.25) is 0 Å². The van der Waals surface area contributed by atoms with Crippen molar-refractivity contribution < 1.29 is 0 Å². The number of aliphatic imine (C=N–C) groups is 1. The monoisotopic (exact) mass is 427 g/mol. The van der Waals surface area contributed by atoms with E-state index in [0.29, 0.717) is 5.92 Å². The topological polar surface area (TPSA) is 20.5 Å². The molecule has 32 heavy (non-hydrogen) atoms. The molecule has 0 spiro atoms. The molecule has 2 rings (SSSR count). The molecule has 0 saturated heterocycles. The third-order valence-electron chi connectivity index (χ3n) is 5.30. The lowest BCUT2D eigenvalue weighted by Gasteiger charge is -2.31. The molecule has 3 heteroatoms. The molecule has 0 bridgehead atoms. The summed E-state index contributed by atoms with van der Waals surface area (Å²) in [5.41, 5.74) is 6.00. The van der Waals surface area contributed by atoms with Gasteiger partial charge < -0.3 is 9.47 Å². The smallest absolute Gasteiger partial charge is 0.0287 e. The quantitative estimate of drug-likeness (QED) is 0.317. The van der Waals surface area contributed by atoms with E-state index in [9.17, 15) is 0 Å². The van der Waals surface area contributed by atoms with Crippen LogP contribution >= 0.6 is 0 Å². The Hall–Kier alpha value is -3.33. The third kappa shape index (κ3) is 6.84. The first-order valence-electron chi connectivity index (χ1n) is 11.2. The summed E-state index contributed by atoms with van der Waals surface area (Å²) in [6.07, 6.45) is 30.3. The van der Waals surface area contributed by atoms with Crippen LogP contribution in [0.15, 0.2) is 114 Å². The summed E-state index contributed by atoms with van der Waals surface area (Å²) in [6, 6.07) is 2.22. The Bertz CT molecular complexity index is 1000. The van der Waals surface area contributed by atoms with Gasteiger partial charge in [0.2, 0.25) is 0 Å². The second-order valence-electron chi connectivity index (χ2n) is 7.89. The van der Waals surface area contributed by atoms with Crippen molar-refractivity contribution in [3.63, 3.8) is 0 Å². The van der Waals surface area contributed by atoms with Gasteiger partial charge in [0.15, 0.2) is 0 Å². The Morgan fingerprint density at radius 2 is 1.81 bits per heavy atom. The standard InChI is InChI=1S/C29H37N3/c1-7-10-14-24(15-11-8-2)28(25(21-30-4)16-12-9-3)29(27-18-20-32(6)23-27)26-17-13-19-31(5)22-26/h7-16,18-21,23,26H,1,17,22H2,2-6H3/b11-8+,12-9-,14-10-,24-15+,25-16+,29-28-,30-21-. The number of aryl methyl sites for hydroxylation is 1. The molecule has 0 aliphatic carbocycles. The number of aromatic nitrogens is 1. The van der Waals surface area contributed by atoms with Gasteiger partial charge in [-0.3, -0.25) is 4.99 Å². The van der Waals surface area contributed by atoms with Gasteiger partial charge in [-0.1, -0.05) is 67.3 Å². The zero-order valence-electron chi connectivity index (χ0n) is 20.2. The van der Waals surface area contributed by atoms with E-state index in [1.165, 1.54) is 16.7 Å². The third-order valence-corrected chi connectivity index (χ3v) is 5.30. The summed E-state index contributed by atoms with van der Waals surface area (Å²) in [4.78, 5) is 6.68. The molecule has 0 radical (unpaired) electrons. The van der Waals surface area contributed by atoms with E-state index in [0.717, 1.165) is 24.1 Å². The number of hydrogen-bond donors (Lipinski definition) is 0. The summed E-state index contributed by atoms with van der Waals surface area (Å²) >= 11 is 0. The molecule has 0 fully saturated rings. The van der Waals surface area contributed by atoms with Crippen LogP contribution in [0.4, 0.5) is 0 Å². The van der Waals surface area contributed by atoms with Crippen molar-refractivity contribution in [3.05, 3.63) is 114 Å². The van der Waals surface area contributed by atoms with Crippen molar-refractivity contribution in [2.75, 3.05) is 20.6 Å². The van der Waals surface area contributed by atoms with Crippen LogP contribution in [-0.2, 0) is 7.05 Å². The lowest BCUT2D eigenvalue weighted by Crippen LogP contribution is -2.26. The molecule has 0 aromatic carbocycles. The number of nitrogens with zero attached hydrogens (tertiary/aromatic N) is 3. The van der Waals surface area contributed by atoms with Gasteiger partial charge in [0.25, 0.3) is 0 Å². The largest absolute Gasteiger partial charge is 0.380 e. The fraction of sp³-hybridized carbons (Fsp3) is 0.276. The summed E-state index contributed by atoms with van der Waals surface area (Å²) in [7, 11) is 6.05. The lowest BCUT2D eigenvalue weighted by atomic mass is 9.80. The lowest BCUT2D eigenvalue weighted by molar-refractivity contribution is 0.380. The normalized spacial score (nSPS) is 19.2. The summed E-state index contributed by atoms with van der Waals surface area (Å²) in [5, 5.41) is 0. The molecule has 1 unspecified atom stereocenters. The Balaban J connectivity index is 2.97. The van der Waals surface area contributed by atoms with E-state index >= 15 is 0 Å². The summed E-state index contributed by atoms with van der Waals surface area (Å²) in [5.74, 6) is 0.354. The van der Waals surface area contributed by atoms with E-state index in [2.05, 4.69) is 108 Å². The molecule has 168 valence electrons. The first-order chi connectivity index (χ1) is 15.5. The summed E-state index contributed by atoms with van der Waals surface area (Å²) < 4.78 is 2.12. The molecule has 1 atom stereocenters. The predicted molar refractivity (Wildman–Crippen MR) is 142 cm³/mol. The molecule has 1 aliphatic heterocycles. The first kappa shape index (κ1) is 24.9. The highest BCUT2D eigenvalue weighted by Gasteiger charge is 2.25. The van der Waals surface area contributed by atoms with Crippen molar-refractivity contribution in [3.8, 4) is 0 Å². The van der Waals surface area contributed by atoms with Crippen molar-refractivity contribution >= 4 is 11.8 Å². The van der Waals surface area contributed by atoms with Gasteiger partial charge in [0.05, 0.1) is 0 Å². The van der Waals surface area contributed by atoms with Crippen LogP contribution in [0.1, 0.15) is 25.8 Å². The minimum Gasteiger partial charge on any atom is -0.380 e. The van der Waals surface area contributed by atoms with Gasteiger partial charge in [-0.25, -0.2) is 0 Å². The fourth-order valence-corrected chi connectivity index (χ4v) is 3.95. The molecule has 1 aromatic rings. The molecule has 3 nitrogen and oxygen atoms in total. The van der Waals surface area contributed by atoms with Gasteiger partial charge in [0.1, 0.15) is 0 Å². The molecular formula is C29H37N3. The highest BCUT2D eigenvalue weighted by Crippen LogP contribution is 2.38. The van der Waals surface area contributed by atoms with Crippen molar-refractivity contribution in [2.45, 2.75) is 20.3 Å². The van der Waals surface area contributed by atoms with Gasteiger partial charge in [0, 0.05) is 57.8 Å². The molecule has 2 heterocycles. The Morgan fingerprint density at radius 3 is 2.38 bits per heavy atom. The molecule has 1 aromatic heterocycles. The maximum absolute atomic E-state index is 4.41. The van der Waals surface area contributed by atoms with E-state index in [1.54, 1.807) is 0 Å². The number of rotatable bonds is 9. The van der Waals surface area contributed by atoms with Gasteiger partial charge in [-0.15, -0.1) is 0 Å². The average molecular weight is 428 g/mol. The van der Waals surface area contributed by atoms with E-state index < -0.39 is 0 Å². The van der Waals surface area contributed by atoms with Gasteiger partial charge >= 0.3 is 0 Å². The Labute approximate surface area is 194 Å². The first-order valence-corrected chi connectivity index (χ1v) is 11.2. The number of allylic oxidation sites excluding steroid dienone is 13. The molecule has 0 amide bonds. The highest BCUT2D eigenvalue weighted by molar-refractivity contribution is 5.94. The SMILES string of the molecule is C=C\C=C/C(=C\C=C\C)C(/C(/C=N\C)=C/C=C\C)=C(/c1ccn(C)c1)C1CC=CN(C)C1. The Morgan fingerprint density at radius 1 is 1.09 bits per heavy atom. The predicted octanol–water partition coefficient (Wildman–Crippen LogP) is 6.69. The maximum Gasteiger partial charge on any atom is 0.0287 e. The van der Waals surface area contributed by atoms with Crippen LogP contribution < -0.4 is 0 Å². The van der Waals surface area contributed by atoms with Crippen LogP contribution in [0, 0.1) is 5.92 Å². The van der Waals surface area contributed by atoms with Crippen molar-refractivity contribution in [1.82, 2.24) is 9.47 Å². The van der Waals surface area contributed by atoms with Crippen LogP contribution in [0.25, 0.3) is 5.57 Å². The van der Waals surface area contributed by atoms with Crippen LogP contribution in [0.5, 0.6) is 0 Å². The molecule has 1 aliphatic rings. The molecule has 0 N–H and O–H groups in total. The number of hydrogen-bond acceptors (Lipinski definition) is 2. The fourth-order valence-electron chi connectivity index (χ4n) is 3.95. The highest BCUT2D eigenvalue weighted by atomic mass is 15.1. The second kappa shape index (κ2) is 13.2. The minimum absolute atomic E-state index is 0.354.